The largest absolute Gasteiger partial charge is 0.379 e. The summed E-state index contributed by atoms with van der Waals surface area (Å²) < 4.78 is 12.2. The van der Waals surface area contributed by atoms with Crippen LogP contribution in [0.3, 0.4) is 0 Å². The molecule has 0 spiro atoms. The van der Waals surface area contributed by atoms with Crippen LogP contribution < -0.4 is 0 Å². The maximum atomic E-state index is 5.98. The highest BCUT2D eigenvalue weighted by Crippen LogP contribution is 2.24. The smallest absolute Gasteiger partial charge is 0.0919 e. The molecule has 96 valence electrons. The minimum Gasteiger partial charge on any atom is -0.379 e. The molecular weight excluding hydrogens is 350 g/mol. The van der Waals surface area contributed by atoms with Gasteiger partial charge in [0.25, 0.3) is 0 Å². The average molecular weight is 369 g/mol. The molecule has 0 aliphatic rings. The van der Waals surface area contributed by atoms with Crippen molar-refractivity contribution in [2.45, 2.75) is 26.1 Å². The second-order valence-corrected chi connectivity index (χ2v) is 5.12. The lowest BCUT2D eigenvalue weighted by atomic mass is 10.1. The maximum absolute atomic E-state index is 5.98. The van der Waals surface area contributed by atoms with E-state index in [1.807, 2.05) is 38.1 Å². The molecule has 0 saturated heterocycles. The molecule has 0 heterocycles. The van der Waals surface area contributed by atoms with Gasteiger partial charge in [0.1, 0.15) is 0 Å². The predicted molar refractivity (Wildman–Crippen MR) is 80.1 cm³/mol. The van der Waals surface area contributed by atoms with E-state index < -0.39 is 0 Å². The van der Waals surface area contributed by atoms with E-state index in [-0.39, 0.29) is 12.2 Å². The van der Waals surface area contributed by atoms with Gasteiger partial charge < -0.3 is 9.47 Å². The Hall–Kier alpha value is 0.160. The van der Waals surface area contributed by atoms with Crippen molar-refractivity contribution in [1.82, 2.24) is 0 Å². The van der Waals surface area contributed by atoms with Gasteiger partial charge in [-0.2, -0.15) is 0 Å². The zero-order valence-electron chi connectivity index (χ0n) is 10.2. The Labute approximate surface area is 122 Å². The Balaban J connectivity index is 2.59. The van der Waals surface area contributed by atoms with Gasteiger partial charge in [-0.3, -0.25) is 0 Å². The number of hydrogen-bond acceptors (Lipinski definition) is 2. The number of halogens is 2. The Kier molecular flexibility index (Phi) is 7.43. The SMILES string of the molecule is CCOCC(C)OC(CI)c1cccc(Cl)c1. The van der Waals surface area contributed by atoms with Crippen LogP contribution in [0.2, 0.25) is 5.02 Å². The number of alkyl halides is 1. The van der Waals surface area contributed by atoms with Gasteiger partial charge in [0.15, 0.2) is 0 Å². The monoisotopic (exact) mass is 368 g/mol. The summed E-state index contributed by atoms with van der Waals surface area (Å²) >= 11 is 8.31. The van der Waals surface area contributed by atoms with Crippen molar-refractivity contribution < 1.29 is 9.47 Å². The van der Waals surface area contributed by atoms with Gasteiger partial charge in [0.05, 0.1) is 18.8 Å². The summed E-state index contributed by atoms with van der Waals surface area (Å²) in [6.45, 7) is 5.36. The number of hydrogen-bond donors (Lipinski definition) is 0. The molecule has 1 rings (SSSR count). The summed E-state index contributed by atoms with van der Waals surface area (Å²) in [5.74, 6) is 0. The number of benzene rings is 1. The van der Waals surface area contributed by atoms with Crippen molar-refractivity contribution in [3.63, 3.8) is 0 Å². The maximum Gasteiger partial charge on any atom is 0.0919 e. The molecule has 0 aliphatic carbocycles. The number of ether oxygens (including phenoxy) is 2. The molecule has 2 atom stereocenters. The second-order valence-electron chi connectivity index (χ2n) is 3.80. The molecule has 0 radical (unpaired) electrons. The molecule has 0 aromatic heterocycles. The van der Waals surface area contributed by atoms with Crippen molar-refractivity contribution in [2.75, 3.05) is 17.6 Å². The highest BCUT2D eigenvalue weighted by Gasteiger charge is 2.14. The molecule has 0 bridgehead atoms. The molecule has 1 aromatic rings. The van der Waals surface area contributed by atoms with Crippen molar-refractivity contribution >= 4 is 34.2 Å². The lowest BCUT2D eigenvalue weighted by Crippen LogP contribution is -2.20. The molecule has 4 heteroatoms. The van der Waals surface area contributed by atoms with Gasteiger partial charge in [-0.05, 0) is 31.5 Å². The summed E-state index contributed by atoms with van der Waals surface area (Å²) in [6, 6.07) is 7.83. The van der Waals surface area contributed by atoms with E-state index >= 15 is 0 Å². The van der Waals surface area contributed by atoms with Gasteiger partial charge in [-0.1, -0.05) is 46.3 Å². The Bertz CT molecular complexity index is 333. The zero-order chi connectivity index (χ0) is 12.7. The van der Waals surface area contributed by atoms with Gasteiger partial charge >= 0.3 is 0 Å². The van der Waals surface area contributed by atoms with Gasteiger partial charge in [-0.15, -0.1) is 0 Å². The first kappa shape index (κ1) is 15.2. The van der Waals surface area contributed by atoms with Crippen LogP contribution in [0.1, 0.15) is 25.5 Å². The van der Waals surface area contributed by atoms with Gasteiger partial charge in [0.2, 0.25) is 0 Å². The third kappa shape index (κ3) is 5.55. The Morgan fingerprint density at radius 3 is 2.76 bits per heavy atom. The molecule has 0 amide bonds. The fraction of sp³-hybridized carbons (Fsp3) is 0.538. The van der Waals surface area contributed by atoms with Crippen LogP contribution in [0.15, 0.2) is 24.3 Å². The van der Waals surface area contributed by atoms with Crippen LogP contribution in [0.4, 0.5) is 0 Å². The third-order valence-electron chi connectivity index (χ3n) is 2.31. The normalized spacial score (nSPS) is 14.6. The van der Waals surface area contributed by atoms with Crippen molar-refractivity contribution in [1.29, 1.82) is 0 Å². The minimum atomic E-state index is 0.0738. The quantitative estimate of drug-likeness (QED) is 0.529. The first-order valence-electron chi connectivity index (χ1n) is 5.72. The molecule has 17 heavy (non-hydrogen) atoms. The van der Waals surface area contributed by atoms with Crippen molar-refractivity contribution in [2.24, 2.45) is 0 Å². The first-order valence-corrected chi connectivity index (χ1v) is 7.62. The van der Waals surface area contributed by atoms with Crippen LogP contribution in [0.25, 0.3) is 0 Å². The van der Waals surface area contributed by atoms with Crippen molar-refractivity contribution in [3.05, 3.63) is 34.9 Å². The molecule has 2 unspecified atom stereocenters. The van der Waals surface area contributed by atoms with E-state index in [4.69, 9.17) is 21.1 Å². The third-order valence-corrected chi connectivity index (χ3v) is 3.35. The summed E-state index contributed by atoms with van der Waals surface area (Å²) in [4.78, 5) is 0. The van der Waals surface area contributed by atoms with E-state index in [9.17, 15) is 0 Å². The summed E-state index contributed by atoms with van der Waals surface area (Å²) in [6.07, 6.45) is 0.165. The van der Waals surface area contributed by atoms with E-state index in [0.717, 1.165) is 21.6 Å². The van der Waals surface area contributed by atoms with Crippen LogP contribution >= 0.6 is 34.2 Å². The highest BCUT2D eigenvalue weighted by molar-refractivity contribution is 14.1. The molecule has 0 aliphatic heterocycles. The van der Waals surface area contributed by atoms with Gasteiger partial charge in [0, 0.05) is 16.1 Å². The highest BCUT2D eigenvalue weighted by atomic mass is 127. The van der Waals surface area contributed by atoms with E-state index in [2.05, 4.69) is 22.6 Å². The zero-order valence-corrected chi connectivity index (χ0v) is 13.1. The van der Waals surface area contributed by atoms with Crippen LogP contribution in [-0.4, -0.2) is 23.7 Å². The molecular formula is C13H18ClIO2. The van der Waals surface area contributed by atoms with Gasteiger partial charge in [-0.25, -0.2) is 0 Å². The van der Waals surface area contributed by atoms with Crippen LogP contribution in [-0.2, 0) is 9.47 Å². The molecule has 0 fully saturated rings. The predicted octanol–water partition coefficient (Wildman–Crippen LogP) is 4.26. The van der Waals surface area contributed by atoms with Crippen LogP contribution in [0, 0.1) is 0 Å². The molecule has 0 saturated carbocycles. The first-order chi connectivity index (χ1) is 8.17. The minimum absolute atomic E-state index is 0.0738. The Morgan fingerprint density at radius 1 is 1.41 bits per heavy atom. The summed E-state index contributed by atoms with van der Waals surface area (Å²) in [5.41, 5.74) is 1.12. The topological polar surface area (TPSA) is 18.5 Å². The molecule has 1 aromatic carbocycles. The van der Waals surface area contributed by atoms with E-state index in [0.29, 0.717) is 6.61 Å². The standard InChI is InChI=1S/C13H18ClIO2/c1-3-16-9-10(2)17-13(8-15)11-5-4-6-12(14)7-11/h4-7,10,13H,3,8-9H2,1-2H3. The summed E-state index contributed by atoms with van der Waals surface area (Å²) in [7, 11) is 0. The average Bonchev–Trinajstić information content (AvgIpc) is 2.33. The lowest BCUT2D eigenvalue weighted by molar-refractivity contribution is -0.0377. The van der Waals surface area contributed by atoms with Crippen molar-refractivity contribution in [3.8, 4) is 0 Å². The van der Waals surface area contributed by atoms with E-state index in [1.165, 1.54) is 0 Å². The molecule has 2 nitrogen and oxygen atoms in total. The fourth-order valence-electron chi connectivity index (χ4n) is 1.51. The molecule has 0 N–H and O–H groups in total. The van der Waals surface area contributed by atoms with E-state index in [1.54, 1.807) is 0 Å². The lowest BCUT2D eigenvalue weighted by Gasteiger charge is -2.21. The number of rotatable bonds is 7. The fourth-order valence-corrected chi connectivity index (χ4v) is 2.43. The summed E-state index contributed by atoms with van der Waals surface area (Å²) in [5, 5.41) is 0.749. The second kappa shape index (κ2) is 8.29. The Morgan fingerprint density at radius 2 is 2.18 bits per heavy atom. The van der Waals surface area contributed by atoms with Crippen LogP contribution in [0.5, 0.6) is 0 Å².